The molecular weight excluding hydrogens is 300 g/mol. The lowest BCUT2D eigenvalue weighted by atomic mass is 10.1. The van der Waals surface area contributed by atoms with E-state index in [4.69, 9.17) is 12.2 Å². The van der Waals surface area contributed by atoms with Crippen LogP contribution >= 0.6 is 12.2 Å². The van der Waals surface area contributed by atoms with Gasteiger partial charge < -0.3 is 5.32 Å². The lowest BCUT2D eigenvalue weighted by Gasteiger charge is -2.14. The predicted molar refractivity (Wildman–Crippen MR) is 91.9 cm³/mol. The fourth-order valence-electron chi connectivity index (χ4n) is 1.97. The van der Waals surface area contributed by atoms with Gasteiger partial charge in [0.2, 0.25) is 0 Å². The zero-order chi connectivity index (χ0) is 15.9. The van der Waals surface area contributed by atoms with Crippen LogP contribution in [-0.2, 0) is 6.42 Å². The Kier molecular flexibility index (Phi) is 5.26. The van der Waals surface area contributed by atoms with Crippen LogP contribution in [0.15, 0.2) is 48.5 Å². The maximum Gasteiger partial charge on any atom is 0.294 e. The zero-order valence-electron chi connectivity index (χ0n) is 12.0. The topological polar surface area (TPSA) is 79.2 Å². The van der Waals surface area contributed by atoms with Crippen molar-refractivity contribution in [2.24, 2.45) is 0 Å². The van der Waals surface area contributed by atoms with Crippen LogP contribution in [0.25, 0.3) is 0 Å². The highest BCUT2D eigenvalue weighted by molar-refractivity contribution is 7.80. The number of nitrogens with one attached hydrogen (secondary N) is 3. The van der Waals surface area contributed by atoms with Gasteiger partial charge >= 0.3 is 0 Å². The maximum atomic E-state index is 10.9. The number of para-hydroxylation sites is 3. The second kappa shape index (κ2) is 7.37. The van der Waals surface area contributed by atoms with E-state index in [0.29, 0.717) is 10.8 Å². The number of benzene rings is 2. The molecule has 3 N–H and O–H groups in total. The van der Waals surface area contributed by atoms with Crippen molar-refractivity contribution in [3.05, 3.63) is 64.2 Å². The smallest absolute Gasteiger partial charge is 0.294 e. The van der Waals surface area contributed by atoms with Gasteiger partial charge in [-0.15, -0.1) is 0 Å². The molecule has 0 unspecified atom stereocenters. The lowest BCUT2D eigenvalue weighted by Crippen LogP contribution is -2.33. The van der Waals surface area contributed by atoms with Gasteiger partial charge in [-0.1, -0.05) is 37.3 Å². The summed E-state index contributed by atoms with van der Waals surface area (Å²) in [5, 5.41) is 14.3. The number of nitro benzene ring substituents is 1. The highest BCUT2D eigenvalue weighted by Gasteiger charge is 2.12. The first kappa shape index (κ1) is 15.7. The summed E-state index contributed by atoms with van der Waals surface area (Å²) in [5.74, 6) is 0. The zero-order valence-corrected chi connectivity index (χ0v) is 12.8. The maximum absolute atomic E-state index is 10.9. The molecule has 0 aliphatic carbocycles. The predicted octanol–water partition coefficient (Wildman–Crippen LogP) is 3.47. The Hall–Kier alpha value is -2.67. The van der Waals surface area contributed by atoms with Crippen LogP contribution in [0, 0.1) is 10.1 Å². The van der Waals surface area contributed by atoms with E-state index in [2.05, 4.69) is 23.1 Å². The molecule has 0 saturated heterocycles. The molecule has 0 fully saturated rings. The second-order valence-electron chi connectivity index (χ2n) is 4.49. The molecule has 6 nitrogen and oxygen atoms in total. The first-order valence-electron chi connectivity index (χ1n) is 6.76. The Morgan fingerprint density at radius 2 is 1.77 bits per heavy atom. The molecule has 114 valence electrons. The summed E-state index contributed by atoms with van der Waals surface area (Å²) in [6, 6.07) is 14.2. The number of nitrogens with zero attached hydrogens (tertiary/aromatic N) is 1. The third-order valence-electron chi connectivity index (χ3n) is 3.06. The molecule has 0 bridgehead atoms. The van der Waals surface area contributed by atoms with Gasteiger partial charge in [-0.05, 0) is 36.3 Å². The molecule has 2 aromatic rings. The third kappa shape index (κ3) is 3.92. The van der Waals surface area contributed by atoms with Crippen LogP contribution < -0.4 is 16.2 Å². The third-order valence-corrected chi connectivity index (χ3v) is 3.26. The van der Waals surface area contributed by atoms with Crippen LogP contribution in [0.2, 0.25) is 0 Å². The molecule has 0 aromatic heterocycles. The van der Waals surface area contributed by atoms with Gasteiger partial charge in [0.1, 0.15) is 5.69 Å². The number of thiocarbonyl (C=S) groups is 1. The van der Waals surface area contributed by atoms with Gasteiger partial charge in [0.25, 0.3) is 5.69 Å². The summed E-state index contributed by atoms with van der Waals surface area (Å²) in [7, 11) is 0. The van der Waals surface area contributed by atoms with Crippen LogP contribution in [0.1, 0.15) is 12.5 Å². The quantitative estimate of drug-likeness (QED) is 0.445. The standard InChI is InChI=1S/C15H16N4O2S/c1-2-11-7-3-4-8-12(11)16-15(22)18-17-13-9-5-6-10-14(13)19(20)21/h3-10,17H,2H2,1H3,(H2,16,18,22). The van der Waals surface area contributed by atoms with E-state index in [1.807, 2.05) is 24.3 Å². The number of nitro groups is 1. The van der Waals surface area contributed by atoms with E-state index in [0.717, 1.165) is 17.7 Å². The number of aryl methyl sites for hydroxylation is 1. The number of anilines is 2. The van der Waals surface area contributed by atoms with Gasteiger partial charge in [-0.25, -0.2) is 0 Å². The normalized spacial score (nSPS) is 9.86. The molecule has 0 aliphatic rings. The number of hydrazine groups is 1. The first-order chi connectivity index (χ1) is 10.6. The van der Waals surface area contributed by atoms with Gasteiger partial charge in [-0.2, -0.15) is 0 Å². The fourth-order valence-corrected chi connectivity index (χ4v) is 2.13. The lowest BCUT2D eigenvalue weighted by molar-refractivity contribution is -0.384. The molecule has 2 rings (SSSR count). The number of rotatable bonds is 5. The van der Waals surface area contributed by atoms with E-state index in [9.17, 15) is 10.1 Å². The molecule has 7 heteroatoms. The minimum atomic E-state index is -0.452. The molecule has 0 saturated carbocycles. The Morgan fingerprint density at radius 3 is 2.45 bits per heavy atom. The molecule has 0 aliphatic heterocycles. The van der Waals surface area contributed by atoms with E-state index < -0.39 is 4.92 Å². The van der Waals surface area contributed by atoms with Crippen LogP contribution in [0.5, 0.6) is 0 Å². The van der Waals surface area contributed by atoms with E-state index in [-0.39, 0.29) is 5.69 Å². The Labute approximate surface area is 133 Å². The van der Waals surface area contributed by atoms with Gasteiger partial charge in [0.05, 0.1) is 4.92 Å². The molecule has 0 radical (unpaired) electrons. The van der Waals surface area contributed by atoms with Crippen LogP contribution in [-0.4, -0.2) is 10.0 Å². The molecule has 0 heterocycles. The minimum Gasteiger partial charge on any atom is -0.331 e. The fraction of sp³-hybridized carbons (Fsp3) is 0.133. The van der Waals surface area contributed by atoms with Gasteiger partial charge in [-0.3, -0.25) is 21.0 Å². The summed E-state index contributed by atoms with van der Waals surface area (Å²) in [6.07, 6.45) is 0.878. The number of hydrogen-bond donors (Lipinski definition) is 3. The summed E-state index contributed by atoms with van der Waals surface area (Å²) < 4.78 is 0. The van der Waals surface area contributed by atoms with Crippen LogP contribution in [0.4, 0.5) is 17.1 Å². The summed E-state index contributed by atoms with van der Waals surface area (Å²) in [4.78, 5) is 10.5. The molecule has 22 heavy (non-hydrogen) atoms. The average molecular weight is 316 g/mol. The molecule has 2 aromatic carbocycles. The van der Waals surface area contributed by atoms with Gasteiger partial charge in [0, 0.05) is 11.8 Å². The summed E-state index contributed by atoms with van der Waals surface area (Å²) >= 11 is 5.20. The van der Waals surface area contributed by atoms with Crippen molar-refractivity contribution in [1.82, 2.24) is 5.43 Å². The van der Waals surface area contributed by atoms with E-state index in [1.165, 1.54) is 6.07 Å². The Balaban J connectivity index is 2.00. The van der Waals surface area contributed by atoms with Crippen molar-refractivity contribution >= 4 is 34.4 Å². The highest BCUT2D eigenvalue weighted by atomic mass is 32.1. The molecular formula is C15H16N4O2S. The largest absolute Gasteiger partial charge is 0.331 e. The Morgan fingerprint density at radius 1 is 1.14 bits per heavy atom. The number of hydrogen-bond acceptors (Lipinski definition) is 4. The summed E-state index contributed by atoms with van der Waals surface area (Å²) in [6.45, 7) is 2.06. The second-order valence-corrected chi connectivity index (χ2v) is 4.90. The van der Waals surface area contributed by atoms with Crippen molar-refractivity contribution in [2.45, 2.75) is 13.3 Å². The first-order valence-corrected chi connectivity index (χ1v) is 7.17. The van der Waals surface area contributed by atoms with Crippen molar-refractivity contribution in [3.8, 4) is 0 Å². The average Bonchev–Trinajstić information content (AvgIpc) is 2.53. The molecule has 0 amide bonds. The summed E-state index contributed by atoms with van der Waals surface area (Å²) in [5.41, 5.74) is 7.89. The molecule has 0 spiro atoms. The van der Waals surface area contributed by atoms with Crippen molar-refractivity contribution < 1.29 is 4.92 Å². The SMILES string of the molecule is CCc1ccccc1NC(=S)NNc1ccccc1[N+](=O)[O-]. The Bertz CT molecular complexity index is 691. The van der Waals surface area contributed by atoms with Crippen molar-refractivity contribution in [3.63, 3.8) is 0 Å². The highest BCUT2D eigenvalue weighted by Crippen LogP contribution is 2.22. The molecule has 0 atom stereocenters. The minimum absolute atomic E-state index is 0.0215. The van der Waals surface area contributed by atoms with Crippen LogP contribution in [0.3, 0.4) is 0 Å². The van der Waals surface area contributed by atoms with Crippen molar-refractivity contribution in [1.29, 1.82) is 0 Å². The van der Waals surface area contributed by atoms with Gasteiger partial charge in [0.15, 0.2) is 5.11 Å². The monoisotopic (exact) mass is 316 g/mol. The van der Waals surface area contributed by atoms with E-state index in [1.54, 1.807) is 18.2 Å². The van der Waals surface area contributed by atoms with E-state index >= 15 is 0 Å². The van der Waals surface area contributed by atoms with Crippen molar-refractivity contribution in [2.75, 3.05) is 10.7 Å².